The van der Waals surface area contributed by atoms with Crippen molar-refractivity contribution in [3.05, 3.63) is 90.5 Å². The van der Waals surface area contributed by atoms with Crippen molar-refractivity contribution < 1.29 is 9.18 Å². The van der Waals surface area contributed by atoms with Gasteiger partial charge in [-0.2, -0.15) is 0 Å². The van der Waals surface area contributed by atoms with Gasteiger partial charge in [0.05, 0.1) is 17.1 Å². The number of urea groups is 1. The Balaban J connectivity index is 1.49. The third kappa shape index (κ3) is 3.82. The van der Waals surface area contributed by atoms with E-state index in [-0.39, 0.29) is 17.9 Å². The molecule has 29 heavy (non-hydrogen) atoms. The Morgan fingerprint density at radius 1 is 1.03 bits per heavy atom. The van der Waals surface area contributed by atoms with E-state index in [9.17, 15) is 9.18 Å². The second-order valence-corrected chi connectivity index (χ2v) is 6.92. The van der Waals surface area contributed by atoms with E-state index in [2.05, 4.69) is 10.3 Å². The molecule has 0 spiro atoms. The van der Waals surface area contributed by atoms with Crippen molar-refractivity contribution in [1.82, 2.24) is 14.5 Å². The monoisotopic (exact) mass is 388 g/mol. The van der Waals surface area contributed by atoms with E-state index < -0.39 is 0 Å². The highest BCUT2D eigenvalue weighted by Crippen LogP contribution is 2.23. The van der Waals surface area contributed by atoms with E-state index in [1.807, 2.05) is 66.3 Å². The first-order valence-corrected chi connectivity index (χ1v) is 9.35. The molecule has 5 nitrogen and oxygen atoms in total. The maximum Gasteiger partial charge on any atom is 0.322 e. The molecular weight excluding hydrogens is 367 g/mol. The molecule has 0 saturated heterocycles. The summed E-state index contributed by atoms with van der Waals surface area (Å²) in [7, 11) is 1.74. The highest BCUT2D eigenvalue weighted by atomic mass is 19.1. The number of imidazole rings is 1. The van der Waals surface area contributed by atoms with Crippen LogP contribution in [0.3, 0.4) is 0 Å². The molecule has 3 aromatic carbocycles. The Hall–Kier alpha value is -3.67. The maximum atomic E-state index is 13.0. The molecule has 6 heteroatoms. The topological polar surface area (TPSA) is 50.2 Å². The Labute approximate surface area is 168 Å². The lowest BCUT2D eigenvalue weighted by Crippen LogP contribution is -2.33. The molecule has 1 heterocycles. The van der Waals surface area contributed by atoms with Crippen LogP contribution in [0.5, 0.6) is 0 Å². The van der Waals surface area contributed by atoms with Crippen LogP contribution in [0.25, 0.3) is 16.7 Å². The molecule has 4 rings (SSSR count). The predicted octanol–water partition coefficient (Wildman–Crippen LogP) is 5.39. The SMILES string of the molecule is CC(c1ccc(-n2cnc3ccccc32)cc1)N(C)C(=O)Nc1ccc(F)cc1. The second kappa shape index (κ2) is 7.75. The molecule has 146 valence electrons. The van der Waals surface area contributed by atoms with Crippen LogP contribution in [0.2, 0.25) is 0 Å². The number of benzene rings is 3. The lowest BCUT2D eigenvalue weighted by molar-refractivity contribution is 0.208. The molecule has 0 aliphatic heterocycles. The van der Waals surface area contributed by atoms with Gasteiger partial charge in [0.15, 0.2) is 0 Å². The number of halogens is 1. The molecule has 1 aromatic heterocycles. The summed E-state index contributed by atoms with van der Waals surface area (Å²) in [5.74, 6) is -0.338. The van der Waals surface area contributed by atoms with Gasteiger partial charge in [-0.05, 0) is 61.0 Å². The molecule has 1 unspecified atom stereocenters. The molecule has 4 aromatic rings. The maximum absolute atomic E-state index is 13.0. The van der Waals surface area contributed by atoms with E-state index in [1.165, 1.54) is 24.3 Å². The number of carbonyl (C=O) groups is 1. The smallest absolute Gasteiger partial charge is 0.321 e. The molecular formula is C23H21FN4O. The number of aromatic nitrogens is 2. The molecule has 0 aliphatic rings. The number of nitrogens with zero attached hydrogens (tertiary/aromatic N) is 3. The third-order valence-electron chi connectivity index (χ3n) is 5.10. The zero-order chi connectivity index (χ0) is 20.4. The largest absolute Gasteiger partial charge is 0.322 e. The van der Waals surface area contributed by atoms with E-state index in [0.29, 0.717) is 5.69 Å². The second-order valence-electron chi connectivity index (χ2n) is 6.92. The average Bonchev–Trinajstić information content (AvgIpc) is 3.18. The minimum absolute atomic E-state index is 0.135. The Bertz CT molecular complexity index is 1140. The van der Waals surface area contributed by atoms with E-state index in [4.69, 9.17) is 0 Å². The number of nitrogens with one attached hydrogen (secondary N) is 1. The summed E-state index contributed by atoms with van der Waals surface area (Å²) in [6, 6.07) is 21.4. The van der Waals surface area contributed by atoms with Crippen LogP contribution in [0.1, 0.15) is 18.5 Å². The minimum atomic E-state index is -0.338. The molecule has 0 saturated carbocycles. The third-order valence-corrected chi connectivity index (χ3v) is 5.10. The molecule has 0 aliphatic carbocycles. The first kappa shape index (κ1) is 18.7. The molecule has 1 N–H and O–H groups in total. The van der Waals surface area contributed by atoms with Gasteiger partial charge in [-0.3, -0.25) is 4.57 Å². The number of hydrogen-bond donors (Lipinski definition) is 1. The number of amides is 2. The van der Waals surface area contributed by atoms with Crippen LogP contribution < -0.4 is 5.32 Å². The highest BCUT2D eigenvalue weighted by molar-refractivity contribution is 5.89. The van der Waals surface area contributed by atoms with Crippen LogP contribution in [-0.2, 0) is 0 Å². The Kier molecular flexibility index (Phi) is 4.99. The molecule has 0 bridgehead atoms. The van der Waals surface area contributed by atoms with Gasteiger partial charge in [-0.25, -0.2) is 14.2 Å². The van der Waals surface area contributed by atoms with Crippen molar-refractivity contribution in [2.45, 2.75) is 13.0 Å². The van der Waals surface area contributed by atoms with Gasteiger partial charge in [-0.1, -0.05) is 24.3 Å². The van der Waals surface area contributed by atoms with Gasteiger partial charge in [-0.15, -0.1) is 0 Å². The van der Waals surface area contributed by atoms with Gasteiger partial charge in [0.25, 0.3) is 0 Å². The minimum Gasteiger partial charge on any atom is -0.321 e. The highest BCUT2D eigenvalue weighted by Gasteiger charge is 2.18. The fourth-order valence-electron chi connectivity index (χ4n) is 3.22. The molecule has 0 fully saturated rings. The van der Waals surface area contributed by atoms with Crippen molar-refractivity contribution in [2.24, 2.45) is 0 Å². The van der Waals surface area contributed by atoms with E-state index >= 15 is 0 Å². The van der Waals surface area contributed by atoms with Gasteiger partial charge >= 0.3 is 6.03 Å². The van der Waals surface area contributed by atoms with Crippen molar-refractivity contribution >= 4 is 22.8 Å². The van der Waals surface area contributed by atoms with Gasteiger partial charge in [0.1, 0.15) is 12.1 Å². The zero-order valence-corrected chi connectivity index (χ0v) is 16.2. The van der Waals surface area contributed by atoms with Crippen molar-refractivity contribution in [3.8, 4) is 5.69 Å². The first-order valence-electron chi connectivity index (χ1n) is 9.35. The van der Waals surface area contributed by atoms with Gasteiger partial charge < -0.3 is 10.2 Å². The standard InChI is InChI=1S/C23H21FN4O/c1-16(27(2)23(29)26-19-11-9-18(24)10-12-19)17-7-13-20(14-8-17)28-15-25-21-5-3-4-6-22(21)28/h3-16H,1-2H3,(H,26,29). The summed E-state index contributed by atoms with van der Waals surface area (Å²) in [5, 5.41) is 2.78. The van der Waals surface area contributed by atoms with Crippen LogP contribution in [-0.4, -0.2) is 27.5 Å². The summed E-state index contributed by atoms with van der Waals surface area (Å²) in [6.45, 7) is 1.96. The fourth-order valence-corrected chi connectivity index (χ4v) is 3.22. The van der Waals surface area contributed by atoms with Gasteiger partial charge in [0.2, 0.25) is 0 Å². The molecule has 2 amide bonds. The fraction of sp³-hybridized carbons (Fsp3) is 0.130. The van der Waals surface area contributed by atoms with Crippen molar-refractivity contribution in [2.75, 3.05) is 12.4 Å². The summed E-state index contributed by atoms with van der Waals surface area (Å²) in [5.41, 5.74) is 4.56. The number of fused-ring (bicyclic) bond motifs is 1. The number of hydrogen-bond acceptors (Lipinski definition) is 2. The number of anilines is 1. The number of carbonyl (C=O) groups excluding carboxylic acids is 1. The van der Waals surface area contributed by atoms with Gasteiger partial charge in [0, 0.05) is 18.4 Å². The number of para-hydroxylation sites is 2. The predicted molar refractivity (Wildman–Crippen MR) is 113 cm³/mol. The first-order chi connectivity index (χ1) is 14.0. The summed E-state index contributed by atoms with van der Waals surface area (Å²) < 4.78 is 15.1. The molecule has 1 atom stereocenters. The zero-order valence-electron chi connectivity index (χ0n) is 16.2. The Morgan fingerprint density at radius 2 is 1.72 bits per heavy atom. The summed E-state index contributed by atoms with van der Waals surface area (Å²) in [6.07, 6.45) is 1.81. The average molecular weight is 388 g/mol. The lowest BCUT2D eigenvalue weighted by atomic mass is 10.1. The summed E-state index contributed by atoms with van der Waals surface area (Å²) >= 11 is 0. The van der Waals surface area contributed by atoms with E-state index in [0.717, 1.165) is 22.3 Å². The van der Waals surface area contributed by atoms with Crippen molar-refractivity contribution in [1.29, 1.82) is 0 Å². The van der Waals surface area contributed by atoms with Crippen molar-refractivity contribution in [3.63, 3.8) is 0 Å². The Morgan fingerprint density at radius 3 is 2.45 bits per heavy atom. The van der Waals surface area contributed by atoms with E-state index in [1.54, 1.807) is 11.9 Å². The number of rotatable bonds is 4. The van der Waals surface area contributed by atoms with Crippen LogP contribution in [0.15, 0.2) is 79.1 Å². The molecule has 0 radical (unpaired) electrons. The summed E-state index contributed by atoms with van der Waals surface area (Å²) in [4.78, 5) is 18.6. The van der Waals surface area contributed by atoms with Crippen LogP contribution in [0, 0.1) is 5.82 Å². The quantitative estimate of drug-likeness (QED) is 0.510. The van der Waals surface area contributed by atoms with Crippen LogP contribution >= 0.6 is 0 Å². The lowest BCUT2D eigenvalue weighted by Gasteiger charge is -2.26. The van der Waals surface area contributed by atoms with Crippen LogP contribution in [0.4, 0.5) is 14.9 Å². The normalized spacial score (nSPS) is 12.0.